The molecule has 1 aromatic carbocycles. The lowest BCUT2D eigenvalue weighted by atomic mass is 9.94. The summed E-state index contributed by atoms with van der Waals surface area (Å²) >= 11 is 0. The Hall–Kier alpha value is -4.40. The minimum Gasteiger partial charge on any atom is -0.335 e. The molecule has 174 valence electrons. The predicted molar refractivity (Wildman–Crippen MR) is 127 cm³/mol. The van der Waals surface area contributed by atoms with Gasteiger partial charge in [0.1, 0.15) is 11.5 Å². The highest BCUT2D eigenvalue weighted by Gasteiger charge is 2.41. The van der Waals surface area contributed by atoms with E-state index in [1.807, 2.05) is 36.9 Å². The van der Waals surface area contributed by atoms with E-state index in [0.29, 0.717) is 23.3 Å². The molecule has 0 aliphatic carbocycles. The number of ketones is 1. The first kappa shape index (κ1) is 21.2. The number of carbonyl (C=O) groups is 3. The van der Waals surface area contributed by atoms with E-state index < -0.39 is 17.6 Å². The molecule has 3 aliphatic heterocycles. The van der Waals surface area contributed by atoms with Gasteiger partial charge in [-0.1, -0.05) is 32.0 Å². The van der Waals surface area contributed by atoms with Gasteiger partial charge in [0.05, 0.1) is 40.5 Å². The number of nitrogens with one attached hydrogen (secondary N) is 1. The van der Waals surface area contributed by atoms with Crippen LogP contribution in [0.5, 0.6) is 0 Å². The van der Waals surface area contributed by atoms with E-state index in [-0.39, 0.29) is 34.6 Å². The molecule has 8 nitrogen and oxygen atoms in total. The van der Waals surface area contributed by atoms with Gasteiger partial charge in [-0.25, -0.2) is 9.37 Å². The minimum absolute atomic E-state index is 0.0686. The van der Waals surface area contributed by atoms with E-state index in [4.69, 9.17) is 0 Å². The zero-order valence-corrected chi connectivity index (χ0v) is 18.9. The second kappa shape index (κ2) is 7.56. The fourth-order valence-corrected chi connectivity index (χ4v) is 5.03. The molecular weight excluding hydrogens is 449 g/mol. The summed E-state index contributed by atoms with van der Waals surface area (Å²) in [5, 5.41) is 2.36. The lowest BCUT2D eigenvalue weighted by molar-refractivity contribution is -0.124. The Morgan fingerprint density at radius 1 is 1.14 bits per heavy atom. The van der Waals surface area contributed by atoms with Crippen molar-refractivity contribution in [1.82, 2.24) is 14.7 Å². The Kier molecular flexibility index (Phi) is 4.57. The van der Waals surface area contributed by atoms with Crippen molar-refractivity contribution in [3.63, 3.8) is 0 Å². The number of fused-ring (bicyclic) bond motifs is 1. The average Bonchev–Trinajstić information content (AvgIpc) is 3.44. The Labute approximate surface area is 199 Å². The molecule has 35 heavy (non-hydrogen) atoms. The first-order chi connectivity index (χ1) is 16.8. The van der Waals surface area contributed by atoms with Crippen LogP contribution in [0.4, 0.5) is 10.1 Å². The summed E-state index contributed by atoms with van der Waals surface area (Å²) in [5.74, 6) is -1.73. The molecule has 5 heterocycles. The van der Waals surface area contributed by atoms with Gasteiger partial charge in [0.2, 0.25) is 0 Å². The number of aromatic nitrogens is 2. The third-order valence-electron chi connectivity index (χ3n) is 6.60. The molecule has 0 bridgehead atoms. The van der Waals surface area contributed by atoms with Crippen LogP contribution in [-0.2, 0) is 20.8 Å². The number of hydrogen-bond donors (Lipinski definition) is 1. The van der Waals surface area contributed by atoms with Crippen LogP contribution < -0.4 is 10.2 Å². The average molecular weight is 469 g/mol. The molecule has 1 unspecified atom stereocenters. The standard InChI is InChI=1S/C26H20FN5O3/c1-13(2)24(33)17-10-14-4-3-5-16-22(28-8-9-31(17)23(14)16)21-20(25(34)30-26(21)35)18-11-29-19-7-6-15(27)12-32(18)19/h3-9,11-13,17H,10H2,1-2H3,(H,30,34,35). The van der Waals surface area contributed by atoms with Crippen molar-refractivity contribution in [1.29, 1.82) is 0 Å². The molecular formula is C26H20FN5O3. The van der Waals surface area contributed by atoms with Crippen LogP contribution in [-0.4, -0.2) is 38.7 Å². The van der Waals surface area contributed by atoms with Gasteiger partial charge in [-0.05, 0) is 17.7 Å². The number of nitrogens with zero attached hydrogens (tertiary/aromatic N) is 4. The monoisotopic (exact) mass is 469 g/mol. The van der Waals surface area contributed by atoms with Gasteiger partial charge in [-0.3, -0.25) is 29.1 Å². The number of hydrogen-bond acceptors (Lipinski definition) is 6. The first-order valence-electron chi connectivity index (χ1n) is 11.3. The van der Waals surface area contributed by atoms with Crippen LogP contribution >= 0.6 is 0 Å². The largest absolute Gasteiger partial charge is 0.335 e. The maximum Gasteiger partial charge on any atom is 0.261 e. The number of Topliss-reactive ketones (excluding diaryl/α,β-unsaturated/α-hetero) is 1. The maximum absolute atomic E-state index is 14.0. The van der Waals surface area contributed by atoms with E-state index in [1.165, 1.54) is 28.9 Å². The van der Waals surface area contributed by atoms with E-state index in [0.717, 1.165) is 11.3 Å². The van der Waals surface area contributed by atoms with E-state index >= 15 is 0 Å². The Bertz CT molecular complexity index is 1560. The van der Waals surface area contributed by atoms with Crippen molar-refractivity contribution in [2.45, 2.75) is 26.3 Å². The quantitative estimate of drug-likeness (QED) is 0.593. The summed E-state index contributed by atoms with van der Waals surface area (Å²) in [6.07, 6.45) is 6.48. The lowest BCUT2D eigenvalue weighted by Crippen LogP contribution is -2.37. The van der Waals surface area contributed by atoms with Crippen LogP contribution in [0.2, 0.25) is 0 Å². The number of aliphatic imine (C=N–C) groups is 1. The van der Waals surface area contributed by atoms with Gasteiger partial charge in [-0.2, -0.15) is 0 Å². The molecule has 2 amide bonds. The summed E-state index contributed by atoms with van der Waals surface area (Å²) in [6, 6.07) is 8.04. The molecule has 0 saturated heterocycles. The number of anilines is 1. The molecule has 9 heteroatoms. The number of rotatable bonds is 4. The lowest BCUT2D eigenvalue weighted by Gasteiger charge is -2.24. The molecule has 2 aromatic heterocycles. The van der Waals surface area contributed by atoms with Crippen LogP contribution in [0.3, 0.4) is 0 Å². The van der Waals surface area contributed by atoms with Crippen LogP contribution in [0.25, 0.3) is 11.2 Å². The second-order valence-electron chi connectivity index (χ2n) is 9.03. The summed E-state index contributed by atoms with van der Waals surface area (Å²) in [7, 11) is 0. The van der Waals surface area contributed by atoms with Gasteiger partial charge >= 0.3 is 0 Å². The SMILES string of the molecule is CC(C)C(=O)C1Cc2cccc3c2N1C=CN=C3C1=C(c2cnc3ccc(F)cn23)C(=O)NC1=O. The maximum atomic E-state index is 14.0. The highest BCUT2D eigenvalue weighted by atomic mass is 19.1. The molecule has 3 aromatic rings. The summed E-state index contributed by atoms with van der Waals surface area (Å²) in [4.78, 5) is 49.7. The summed E-state index contributed by atoms with van der Waals surface area (Å²) in [5.41, 5.74) is 3.58. The Morgan fingerprint density at radius 2 is 1.94 bits per heavy atom. The van der Waals surface area contributed by atoms with Gasteiger partial charge in [-0.15, -0.1) is 0 Å². The molecule has 1 N–H and O–H groups in total. The topological polar surface area (TPSA) is 96.1 Å². The number of imidazole rings is 1. The van der Waals surface area contributed by atoms with Crippen LogP contribution in [0.1, 0.15) is 30.7 Å². The number of carbonyl (C=O) groups excluding carboxylic acids is 3. The summed E-state index contributed by atoms with van der Waals surface area (Å²) < 4.78 is 15.5. The van der Waals surface area contributed by atoms with Crippen molar-refractivity contribution >= 4 is 40.2 Å². The number of halogens is 1. The fourth-order valence-electron chi connectivity index (χ4n) is 5.03. The van der Waals surface area contributed by atoms with Gasteiger partial charge < -0.3 is 4.90 Å². The number of amides is 2. The molecule has 3 aliphatic rings. The van der Waals surface area contributed by atoms with Crippen molar-refractivity contribution in [3.8, 4) is 0 Å². The van der Waals surface area contributed by atoms with Crippen LogP contribution in [0, 0.1) is 11.7 Å². The number of imide groups is 1. The first-order valence-corrected chi connectivity index (χ1v) is 11.3. The third-order valence-corrected chi connectivity index (χ3v) is 6.60. The second-order valence-corrected chi connectivity index (χ2v) is 9.03. The molecule has 6 rings (SSSR count). The zero-order valence-electron chi connectivity index (χ0n) is 18.9. The molecule has 0 spiro atoms. The normalized spacial score (nSPS) is 18.9. The van der Waals surface area contributed by atoms with Crippen molar-refractivity contribution < 1.29 is 18.8 Å². The van der Waals surface area contributed by atoms with Crippen molar-refractivity contribution in [2.24, 2.45) is 10.9 Å². The van der Waals surface area contributed by atoms with E-state index in [2.05, 4.69) is 15.3 Å². The molecule has 1 atom stereocenters. The molecule has 0 fully saturated rings. The van der Waals surface area contributed by atoms with Gasteiger partial charge in [0, 0.05) is 36.5 Å². The van der Waals surface area contributed by atoms with Crippen molar-refractivity contribution in [3.05, 3.63) is 83.3 Å². The minimum atomic E-state index is -0.607. The number of para-hydroxylation sites is 1. The van der Waals surface area contributed by atoms with Gasteiger partial charge in [0.15, 0.2) is 5.78 Å². The molecule has 0 radical (unpaired) electrons. The zero-order chi connectivity index (χ0) is 24.4. The number of pyridine rings is 1. The van der Waals surface area contributed by atoms with E-state index in [1.54, 1.807) is 12.4 Å². The van der Waals surface area contributed by atoms with Crippen molar-refractivity contribution in [2.75, 3.05) is 4.90 Å². The van der Waals surface area contributed by atoms with Gasteiger partial charge in [0.25, 0.3) is 11.8 Å². The Balaban J connectivity index is 1.56. The van der Waals surface area contributed by atoms with Crippen LogP contribution in [0.15, 0.2) is 65.7 Å². The summed E-state index contributed by atoms with van der Waals surface area (Å²) in [6.45, 7) is 3.75. The molecule has 0 saturated carbocycles. The highest BCUT2D eigenvalue weighted by molar-refractivity contribution is 6.47. The number of benzene rings is 1. The smallest absolute Gasteiger partial charge is 0.261 e. The Morgan fingerprint density at radius 3 is 2.74 bits per heavy atom. The predicted octanol–water partition coefficient (Wildman–Crippen LogP) is 2.81. The van der Waals surface area contributed by atoms with E-state index in [9.17, 15) is 18.8 Å². The fraction of sp³-hybridized carbons (Fsp3) is 0.192. The third kappa shape index (κ3) is 3.08. The highest BCUT2D eigenvalue weighted by Crippen LogP contribution is 2.40.